The number of ether oxygens (including phenoxy) is 2. The molecule has 0 aliphatic carbocycles. The number of nitrogens with one attached hydrogen (secondary N) is 6. The highest BCUT2D eigenvalue weighted by Crippen LogP contribution is 2.31. The van der Waals surface area contributed by atoms with Gasteiger partial charge < -0.3 is 51.6 Å². The van der Waals surface area contributed by atoms with E-state index in [9.17, 15) is 0 Å². The number of guanidine groups is 2. The predicted octanol–water partition coefficient (Wildman–Crippen LogP) is 3.28. The molecule has 286 valence electrons. The summed E-state index contributed by atoms with van der Waals surface area (Å²) in [5.41, 5.74) is 2.61. The number of carboxylic acid groups (broad SMARTS) is 2. The van der Waals surface area contributed by atoms with Crippen LogP contribution in [0.2, 0.25) is 0 Å². The molecule has 0 bridgehead atoms. The van der Waals surface area contributed by atoms with Crippen molar-refractivity contribution in [3.63, 3.8) is 0 Å². The smallest absolute Gasteiger partial charge is 0.414 e. The fourth-order valence-electron chi connectivity index (χ4n) is 5.78. The van der Waals surface area contributed by atoms with Gasteiger partial charge in [0.2, 0.25) is 0 Å². The van der Waals surface area contributed by atoms with E-state index in [-0.39, 0.29) is 12.2 Å². The minimum Gasteiger partial charge on any atom is -0.489 e. The minimum atomic E-state index is -1.82. The van der Waals surface area contributed by atoms with Crippen LogP contribution in [0.1, 0.15) is 49.7 Å². The second-order valence-electron chi connectivity index (χ2n) is 12.7. The van der Waals surface area contributed by atoms with E-state index in [1.807, 2.05) is 12.1 Å². The molecule has 0 saturated carbocycles. The van der Waals surface area contributed by atoms with Crippen LogP contribution in [0, 0.1) is 0 Å². The molecule has 2 atom stereocenters. The van der Waals surface area contributed by atoms with Crippen molar-refractivity contribution in [2.45, 2.75) is 63.6 Å². The topological polar surface area (TPSA) is 190 Å². The van der Waals surface area contributed by atoms with E-state index in [1.54, 1.807) is 0 Å². The molecule has 0 fully saturated rings. The molecule has 8 N–H and O–H groups in total. The maximum absolute atomic E-state index is 9.10. The van der Waals surface area contributed by atoms with Crippen molar-refractivity contribution in [2.75, 3.05) is 65.4 Å². The fraction of sp³-hybridized carbons (Fsp3) is 0.556. The summed E-state index contributed by atoms with van der Waals surface area (Å²) >= 11 is 7.03. The quantitative estimate of drug-likeness (QED) is 0.115. The number of aliphatic carboxylic acids is 2. The van der Waals surface area contributed by atoms with Crippen LogP contribution < -0.4 is 41.4 Å². The lowest BCUT2D eigenvalue weighted by Gasteiger charge is -2.26. The summed E-state index contributed by atoms with van der Waals surface area (Å²) in [4.78, 5) is 27.0. The van der Waals surface area contributed by atoms with E-state index < -0.39 is 11.9 Å². The predicted molar refractivity (Wildman–Crippen MR) is 210 cm³/mol. The molecule has 6 rings (SSSR count). The Bertz CT molecular complexity index is 1390. The van der Waals surface area contributed by atoms with Gasteiger partial charge in [-0.3, -0.25) is 9.98 Å². The molecule has 16 heteroatoms. The van der Waals surface area contributed by atoms with Crippen LogP contribution in [0.5, 0.6) is 11.5 Å². The third kappa shape index (κ3) is 15.6. The minimum absolute atomic E-state index is 0.279. The van der Waals surface area contributed by atoms with Crippen molar-refractivity contribution in [3.05, 3.63) is 56.5 Å². The number of carbonyl (C=O) groups is 2. The first-order chi connectivity index (χ1) is 25.3. The van der Waals surface area contributed by atoms with Crippen molar-refractivity contribution in [2.24, 2.45) is 9.98 Å². The summed E-state index contributed by atoms with van der Waals surface area (Å²) in [7, 11) is 0. The van der Waals surface area contributed by atoms with Crippen LogP contribution in [-0.2, 0) is 22.4 Å². The second kappa shape index (κ2) is 23.1. The van der Waals surface area contributed by atoms with E-state index in [4.69, 9.17) is 29.3 Å². The molecule has 0 amide bonds. The highest BCUT2D eigenvalue weighted by molar-refractivity contribution is 9.10. The van der Waals surface area contributed by atoms with Crippen LogP contribution in [0.25, 0.3) is 0 Å². The van der Waals surface area contributed by atoms with Crippen molar-refractivity contribution in [3.8, 4) is 11.5 Å². The fourth-order valence-corrected chi connectivity index (χ4v) is 6.60. The Morgan fingerprint density at radius 2 is 1.15 bits per heavy atom. The second-order valence-corrected chi connectivity index (χ2v) is 14.5. The first-order valence-corrected chi connectivity index (χ1v) is 19.7. The van der Waals surface area contributed by atoms with Crippen molar-refractivity contribution in [1.29, 1.82) is 0 Å². The van der Waals surface area contributed by atoms with Gasteiger partial charge in [-0.25, -0.2) is 9.59 Å². The zero-order chi connectivity index (χ0) is 37.0. The Kier molecular flexibility index (Phi) is 18.3. The van der Waals surface area contributed by atoms with Gasteiger partial charge in [0.1, 0.15) is 23.7 Å². The van der Waals surface area contributed by atoms with Gasteiger partial charge in [0.25, 0.3) is 0 Å². The van der Waals surface area contributed by atoms with Crippen LogP contribution in [0.3, 0.4) is 0 Å². The number of halogens is 2. The Balaban J connectivity index is 0.000000202. The van der Waals surface area contributed by atoms with Crippen molar-refractivity contribution in [1.82, 2.24) is 31.9 Å². The zero-order valence-electron chi connectivity index (χ0n) is 29.5. The summed E-state index contributed by atoms with van der Waals surface area (Å²) in [5, 5.41) is 35.0. The molecule has 0 saturated heterocycles. The van der Waals surface area contributed by atoms with Crippen molar-refractivity contribution >= 4 is 55.7 Å². The molecule has 0 radical (unpaired) electrons. The number of aliphatic imine (C=N–C) groups is 2. The number of benzene rings is 2. The molecule has 0 aromatic heterocycles. The number of nitrogens with zero attached hydrogens (tertiary/aromatic N) is 2. The van der Waals surface area contributed by atoms with Gasteiger partial charge in [-0.15, -0.1) is 0 Å². The lowest BCUT2D eigenvalue weighted by molar-refractivity contribution is -0.159. The molecule has 2 unspecified atom stereocenters. The Morgan fingerprint density at radius 3 is 1.54 bits per heavy atom. The maximum atomic E-state index is 9.10. The third-order valence-electron chi connectivity index (χ3n) is 8.47. The van der Waals surface area contributed by atoms with Crippen LogP contribution in [-0.4, -0.2) is 112 Å². The number of aryl methyl sites for hydroxylation is 2. The summed E-state index contributed by atoms with van der Waals surface area (Å²) in [6.07, 6.45) is 9.32. The van der Waals surface area contributed by atoms with Gasteiger partial charge in [-0.1, -0.05) is 31.9 Å². The van der Waals surface area contributed by atoms with E-state index in [1.165, 1.54) is 11.1 Å². The summed E-state index contributed by atoms with van der Waals surface area (Å²) in [6.45, 7) is 9.63. The number of hydrogen-bond donors (Lipinski definition) is 8. The standard InChI is InChI=1S/2C17H25BrN4O.C2H2O4/c2*18-14-4-6-16-13(11-14)3-5-15(23-16)12-19-7-1-8-20-17-21-9-2-10-22-17;3-1(4)2(5)6/h2*4,6,11,15,19H,1-3,5,7-10,12H2,(H2,20,21,22);(H,3,4)(H,5,6). The van der Waals surface area contributed by atoms with Gasteiger partial charge in [-0.2, -0.15) is 0 Å². The van der Waals surface area contributed by atoms with Crippen LogP contribution in [0.15, 0.2) is 55.3 Å². The van der Waals surface area contributed by atoms with Gasteiger partial charge in [0.05, 0.1) is 0 Å². The number of rotatable bonds is 12. The highest BCUT2D eigenvalue weighted by Gasteiger charge is 2.20. The van der Waals surface area contributed by atoms with E-state index in [0.29, 0.717) is 0 Å². The van der Waals surface area contributed by atoms with Crippen molar-refractivity contribution < 1.29 is 29.3 Å². The molecule has 4 aliphatic heterocycles. The normalized spacial score (nSPS) is 18.6. The molecule has 2 aromatic rings. The summed E-state index contributed by atoms with van der Waals surface area (Å²) < 4.78 is 14.4. The lowest BCUT2D eigenvalue weighted by Crippen LogP contribution is -2.42. The summed E-state index contributed by atoms with van der Waals surface area (Å²) in [5.74, 6) is 0.331. The van der Waals surface area contributed by atoms with E-state index >= 15 is 0 Å². The average Bonchev–Trinajstić information content (AvgIpc) is 3.16. The molecular weight excluding hydrogens is 800 g/mol. The number of hydrogen-bond acceptors (Lipinski definition) is 12. The Labute approximate surface area is 322 Å². The Morgan fingerprint density at radius 1 is 0.712 bits per heavy atom. The third-order valence-corrected chi connectivity index (χ3v) is 9.46. The largest absolute Gasteiger partial charge is 0.489 e. The highest BCUT2D eigenvalue weighted by atomic mass is 79.9. The zero-order valence-corrected chi connectivity index (χ0v) is 32.7. The first-order valence-electron chi connectivity index (χ1n) is 18.1. The van der Waals surface area contributed by atoms with Crippen LogP contribution >= 0.6 is 31.9 Å². The lowest BCUT2D eigenvalue weighted by atomic mass is 10.0. The first kappa shape index (κ1) is 41.2. The summed E-state index contributed by atoms with van der Waals surface area (Å²) in [6, 6.07) is 12.5. The molecular formula is C36H52Br2N8O6. The SMILES string of the molecule is Brc1ccc2c(c1)CCC(CNCCCNC1=NCCCN1)O2.Brc1ccc2c(c1)CCC(CNCCCNC1=NCCCN1)O2.O=C(O)C(=O)O. The van der Waals surface area contributed by atoms with E-state index in [2.05, 4.69) is 98.0 Å². The Hall–Kier alpha value is -3.60. The molecule has 14 nitrogen and oxygen atoms in total. The molecule has 4 heterocycles. The van der Waals surface area contributed by atoms with E-state index in [0.717, 1.165) is 149 Å². The van der Waals surface area contributed by atoms with Crippen LogP contribution in [0.4, 0.5) is 0 Å². The molecule has 0 spiro atoms. The van der Waals surface area contributed by atoms with Gasteiger partial charge in [0.15, 0.2) is 11.9 Å². The average molecular weight is 853 g/mol. The monoisotopic (exact) mass is 850 g/mol. The maximum Gasteiger partial charge on any atom is 0.414 e. The molecule has 2 aromatic carbocycles. The number of fused-ring (bicyclic) bond motifs is 2. The molecule has 52 heavy (non-hydrogen) atoms. The number of carboxylic acids is 2. The van der Waals surface area contributed by atoms with Gasteiger partial charge in [0, 0.05) is 61.3 Å². The van der Waals surface area contributed by atoms with Gasteiger partial charge >= 0.3 is 11.9 Å². The van der Waals surface area contributed by atoms with Gasteiger partial charge in [-0.05, 0) is 112 Å². The molecule has 4 aliphatic rings.